The Morgan fingerprint density at radius 3 is 2.41 bits per heavy atom. The number of aromatic nitrogens is 1. The first-order valence-electron chi connectivity index (χ1n) is 11.0. The van der Waals surface area contributed by atoms with Gasteiger partial charge in [-0.15, -0.1) is 0 Å². The zero-order chi connectivity index (χ0) is 20.6. The van der Waals surface area contributed by atoms with Gasteiger partial charge < -0.3 is 15.0 Å². The van der Waals surface area contributed by atoms with Gasteiger partial charge in [-0.1, -0.05) is 76.7 Å². The van der Waals surface area contributed by atoms with Gasteiger partial charge in [-0.3, -0.25) is 4.90 Å². The lowest BCUT2D eigenvalue weighted by molar-refractivity contribution is 0.287. The predicted octanol–water partition coefficient (Wildman–Crippen LogP) is 4.75. The molecule has 2 aromatic rings. The minimum atomic E-state index is 0.477. The number of hydrogen-bond donors (Lipinski definition) is 1. The number of benzene rings is 1. The van der Waals surface area contributed by atoms with Crippen molar-refractivity contribution in [3.63, 3.8) is 0 Å². The number of rotatable bonds is 5. The summed E-state index contributed by atoms with van der Waals surface area (Å²) in [6.07, 6.45) is 11.1. The van der Waals surface area contributed by atoms with Crippen molar-refractivity contribution in [2.75, 3.05) is 26.2 Å². The van der Waals surface area contributed by atoms with Crippen LogP contribution in [-0.2, 0) is 6.54 Å². The number of thiocarbonyl (C=S) groups is 1. The Morgan fingerprint density at radius 2 is 1.79 bits per heavy atom. The van der Waals surface area contributed by atoms with Crippen molar-refractivity contribution in [3.05, 3.63) is 30.0 Å². The first-order valence-corrected chi connectivity index (χ1v) is 11.4. The van der Waals surface area contributed by atoms with Gasteiger partial charge in [0.05, 0.1) is 18.6 Å². The molecule has 1 fully saturated rings. The third-order valence-electron chi connectivity index (χ3n) is 5.73. The zero-order valence-electron chi connectivity index (χ0n) is 17.8. The summed E-state index contributed by atoms with van der Waals surface area (Å²) in [7, 11) is 0. The Labute approximate surface area is 179 Å². The highest BCUT2D eigenvalue weighted by Gasteiger charge is 2.18. The lowest BCUT2D eigenvalue weighted by atomic mass is 10.0. The zero-order valence-corrected chi connectivity index (χ0v) is 18.6. The number of hydrogen-bond acceptors (Lipinski definition) is 3. The SMILES string of the molecule is C1CCCCC1.CCN(CC)CC(=S)N=C(N)c1cn2c3c(cccc13)OCC2. The molecule has 29 heavy (non-hydrogen) atoms. The van der Waals surface area contributed by atoms with Crippen molar-refractivity contribution in [3.8, 4) is 5.75 Å². The molecule has 2 N–H and O–H groups in total. The van der Waals surface area contributed by atoms with Crippen molar-refractivity contribution in [1.82, 2.24) is 9.47 Å². The molecular formula is C23H34N4OS. The van der Waals surface area contributed by atoms with Crippen LogP contribution < -0.4 is 10.5 Å². The molecule has 2 aliphatic rings. The average molecular weight is 415 g/mol. The quantitative estimate of drug-likeness (QED) is 0.436. The Kier molecular flexibility index (Phi) is 8.07. The number of aliphatic imine (C=N–C) groups is 1. The van der Waals surface area contributed by atoms with Crippen molar-refractivity contribution in [1.29, 1.82) is 0 Å². The first kappa shape index (κ1) is 21.8. The Morgan fingerprint density at radius 1 is 1.14 bits per heavy atom. The Balaban J connectivity index is 0.000000343. The van der Waals surface area contributed by atoms with Gasteiger partial charge in [-0.05, 0) is 19.2 Å². The van der Waals surface area contributed by atoms with Crippen LogP contribution in [0, 0.1) is 0 Å². The molecule has 0 unspecified atom stereocenters. The third-order valence-corrected chi connectivity index (χ3v) is 5.95. The average Bonchev–Trinajstić information content (AvgIpc) is 3.15. The van der Waals surface area contributed by atoms with Crippen LogP contribution in [0.4, 0.5) is 0 Å². The summed E-state index contributed by atoms with van der Waals surface area (Å²) >= 11 is 5.39. The monoisotopic (exact) mass is 414 g/mol. The van der Waals surface area contributed by atoms with Gasteiger partial charge in [-0.2, -0.15) is 0 Å². The van der Waals surface area contributed by atoms with E-state index < -0.39 is 0 Å². The molecule has 0 saturated heterocycles. The van der Waals surface area contributed by atoms with Gasteiger partial charge in [0, 0.05) is 17.1 Å². The number of para-hydroxylation sites is 1. The number of nitrogens with zero attached hydrogens (tertiary/aromatic N) is 3. The molecule has 1 aromatic carbocycles. The van der Waals surface area contributed by atoms with Crippen LogP contribution >= 0.6 is 12.2 Å². The van der Waals surface area contributed by atoms with Crippen LogP contribution in [0.2, 0.25) is 0 Å². The fourth-order valence-electron chi connectivity index (χ4n) is 4.01. The van der Waals surface area contributed by atoms with Crippen molar-refractivity contribution < 1.29 is 4.74 Å². The highest BCUT2D eigenvalue weighted by atomic mass is 32.1. The highest BCUT2D eigenvalue weighted by molar-refractivity contribution is 7.80. The van der Waals surface area contributed by atoms with E-state index >= 15 is 0 Å². The standard InChI is InChI=1S/C17H22N4OS.C6H12/c1-3-20(4-2)11-15(23)19-17(18)13-10-21-8-9-22-14-7-5-6-12(13)16(14)21;1-2-4-6-5-3-1/h5-7,10H,3-4,8-9,11H2,1-2H3,(H2,18,19,23);1-6H2. The van der Waals surface area contributed by atoms with Crippen molar-refractivity contribution >= 4 is 33.9 Å². The van der Waals surface area contributed by atoms with E-state index in [9.17, 15) is 0 Å². The molecule has 0 amide bonds. The van der Waals surface area contributed by atoms with E-state index in [1.54, 1.807) is 0 Å². The summed E-state index contributed by atoms with van der Waals surface area (Å²) in [6, 6.07) is 6.02. The summed E-state index contributed by atoms with van der Waals surface area (Å²) in [5.41, 5.74) is 8.26. The van der Waals surface area contributed by atoms with Crippen LogP contribution in [0.1, 0.15) is 57.9 Å². The molecule has 5 nitrogen and oxygen atoms in total. The van der Waals surface area contributed by atoms with E-state index in [2.05, 4.69) is 40.6 Å². The lowest BCUT2D eigenvalue weighted by Crippen LogP contribution is -2.29. The summed E-state index contributed by atoms with van der Waals surface area (Å²) in [6.45, 7) is 8.30. The Bertz CT molecular complexity index is 838. The molecule has 1 saturated carbocycles. The summed E-state index contributed by atoms with van der Waals surface area (Å²) < 4.78 is 7.90. The predicted molar refractivity (Wildman–Crippen MR) is 126 cm³/mol. The maximum atomic E-state index is 6.25. The second-order valence-electron chi connectivity index (χ2n) is 7.71. The molecule has 1 aromatic heterocycles. The van der Waals surface area contributed by atoms with E-state index in [4.69, 9.17) is 22.7 Å². The normalized spacial score (nSPS) is 16.3. The van der Waals surface area contributed by atoms with Crippen LogP contribution in [0.15, 0.2) is 29.4 Å². The van der Waals surface area contributed by atoms with Crippen LogP contribution in [0.5, 0.6) is 5.75 Å². The number of likely N-dealkylation sites (N-methyl/N-ethyl adjacent to an activating group) is 1. The van der Waals surface area contributed by atoms with Crippen molar-refractivity contribution in [2.45, 2.75) is 58.9 Å². The molecule has 1 aliphatic heterocycles. The van der Waals surface area contributed by atoms with Crippen LogP contribution in [0.3, 0.4) is 0 Å². The number of nitrogens with two attached hydrogens (primary N) is 1. The van der Waals surface area contributed by atoms with E-state index in [-0.39, 0.29) is 0 Å². The highest BCUT2D eigenvalue weighted by Crippen LogP contribution is 2.32. The maximum Gasteiger partial charge on any atom is 0.143 e. The number of amidine groups is 1. The molecule has 0 radical (unpaired) electrons. The lowest BCUT2D eigenvalue weighted by Gasteiger charge is -2.16. The largest absolute Gasteiger partial charge is 0.490 e. The molecular weight excluding hydrogens is 380 g/mol. The van der Waals surface area contributed by atoms with Gasteiger partial charge >= 0.3 is 0 Å². The van der Waals surface area contributed by atoms with Gasteiger partial charge in [0.1, 0.15) is 23.2 Å². The van der Waals surface area contributed by atoms with E-state index in [1.165, 1.54) is 38.5 Å². The molecule has 2 heterocycles. The molecule has 4 rings (SSSR count). The molecule has 6 heteroatoms. The fourth-order valence-corrected chi connectivity index (χ4v) is 4.29. The third kappa shape index (κ3) is 5.58. The van der Waals surface area contributed by atoms with E-state index in [1.807, 2.05) is 12.1 Å². The second kappa shape index (κ2) is 10.7. The van der Waals surface area contributed by atoms with Gasteiger partial charge in [0.15, 0.2) is 0 Å². The summed E-state index contributed by atoms with van der Waals surface area (Å²) in [5, 5.41) is 1.06. The fraction of sp³-hybridized carbons (Fsp3) is 0.565. The van der Waals surface area contributed by atoms with E-state index in [0.717, 1.165) is 41.9 Å². The van der Waals surface area contributed by atoms with Crippen LogP contribution in [-0.4, -0.2) is 46.5 Å². The molecule has 1 aliphatic carbocycles. The van der Waals surface area contributed by atoms with Crippen molar-refractivity contribution in [2.24, 2.45) is 10.7 Å². The van der Waals surface area contributed by atoms with Crippen LogP contribution in [0.25, 0.3) is 10.9 Å². The van der Waals surface area contributed by atoms with Gasteiger partial charge in [0.25, 0.3) is 0 Å². The minimum Gasteiger partial charge on any atom is -0.490 e. The Hall–Kier alpha value is -1.92. The van der Waals surface area contributed by atoms with E-state index in [0.29, 0.717) is 24.0 Å². The molecule has 158 valence electrons. The summed E-state index contributed by atoms with van der Waals surface area (Å²) in [4.78, 5) is 7.31. The number of ether oxygens (including phenoxy) is 1. The maximum absolute atomic E-state index is 6.25. The van der Waals surface area contributed by atoms with Gasteiger partial charge in [0.2, 0.25) is 0 Å². The summed E-state index contributed by atoms with van der Waals surface area (Å²) in [5.74, 6) is 1.38. The molecule has 0 atom stereocenters. The molecule has 0 bridgehead atoms. The smallest absolute Gasteiger partial charge is 0.143 e. The van der Waals surface area contributed by atoms with Gasteiger partial charge in [-0.25, -0.2) is 4.99 Å². The first-order chi connectivity index (χ1) is 14.1. The molecule has 0 spiro atoms. The topological polar surface area (TPSA) is 55.8 Å². The second-order valence-corrected chi connectivity index (χ2v) is 8.18. The minimum absolute atomic E-state index is 0.477.